The van der Waals surface area contributed by atoms with E-state index in [1.165, 1.54) is 0 Å². The van der Waals surface area contributed by atoms with Gasteiger partial charge >= 0.3 is 0 Å². The number of rotatable bonds is 6. The first-order valence-electron chi connectivity index (χ1n) is 10.8. The van der Waals surface area contributed by atoms with Gasteiger partial charge in [-0.05, 0) is 51.2 Å². The molecule has 0 radical (unpaired) electrons. The summed E-state index contributed by atoms with van der Waals surface area (Å²) in [6, 6.07) is 8.15. The molecule has 2 heterocycles. The number of ether oxygens (including phenoxy) is 1. The molecule has 8 heteroatoms. The Morgan fingerprint density at radius 3 is 2.60 bits per heavy atom. The second kappa shape index (κ2) is 8.85. The van der Waals surface area contributed by atoms with Crippen molar-refractivity contribution in [2.45, 2.75) is 64.1 Å². The fourth-order valence-corrected chi connectivity index (χ4v) is 4.33. The monoisotopic (exact) mass is 411 g/mol. The molecule has 1 atom stereocenters. The lowest BCUT2D eigenvalue weighted by atomic mass is 9.91. The van der Waals surface area contributed by atoms with Gasteiger partial charge in [0, 0.05) is 25.6 Å². The molecule has 8 nitrogen and oxygen atoms in total. The highest BCUT2D eigenvalue weighted by Gasteiger charge is 2.32. The van der Waals surface area contributed by atoms with Crippen molar-refractivity contribution in [2.75, 3.05) is 13.1 Å². The molecule has 1 fully saturated rings. The lowest BCUT2D eigenvalue weighted by molar-refractivity contribution is -0.128. The van der Waals surface area contributed by atoms with Gasteiger partial charge < -0.3 is 15.0 Å². The summed E-state index contributed by atoms with van der Waals surface area (Å²) < 4.78 is 7.60. The van der Waals surface area contributed by atoms with Gasteiger partial charge in [-0.3, -0.25) is 9.59 Å². The molecule has 0 unspecified atom stereocenters. The lowest BCUT2D eigenvalue weighted by Gasteiger charge is -2.29. The predicted octanol–water partition coefficient (Wildman–Crippen LogP) is 2.36. The zero-order chi connectivity index (χ0) is 21.1. The maximum Gasteiger partial charge on any atom is 0.276 e. The van der Waals surface area contributed by atoms with Crippen LogP contribution >= 0.6 is 0 Å². The smallest absolute Gasteiger partial charge is 0.276 e. The van der Waals surface area contributed by atoms with Gasteiger partial charge in [0.1, 0.15) is 5.75 Å². The van der Waals surface area contributed by atoms with Crippen molar-refractivity contribution < 1.29 is 14.3 Å². The highest BCUT2D eigenvalue weighted by atomic mass is 16.5. The van der Waals surface area contributed by atoms with Gasteiger partial charge in [0.2, 0.25) is 0 Å². The number of carbonyl (C=O) groups excluding carboxylic acids is 2. The Hall–Kier alpha value is -2.90. The van der Waals surface area contributed by atoms with Gasteiger partial charge in [-0.15, -0.1) is 5.10 Å². The number of benzene rings is 1. The number of fused-ring (bicyclic) bond motifs is 1. The number of nitrogens with one attached hydrogen (secondary N) is 1. The van der Waals surface area contributed by atoms with Crippen molar-refractivity contribution in [1.29, 1.82) is 0 Å². The Morgan fingerprint density at radius 2 is 1.90 bits per heavy atom. The SMILES string of the molecule is CCN(CC)C(=O)c1cn(C2CCC(NC(=O)[C@H]3Cc4ccccc4O3)CC2)nn1. The summed E-state index contributed by atoms with van der Waals surface area (Å²) >= 11 is 0. The molecular weight excluding hydrogens is 382 g/mol. The summed E-state index contributed by atoms with van der Waals surface area (Å²) in [4.78, 5) is 26.8. The first-order chi connectivity index (χ1) is 14.6. The summed E-state index contributed by atoms with van der Waals surface area (Å²) in [5, 5.41) is 11.4. The third-order valence-electron chi connectivity index (χ3n) is 6.14. The van der Waals surface area contributed by atoms with E-state index < -0.39 is 6.10 Å². The molecule has 1 saturated carbocycles. The van der Waals surface area contributed by atoms with Crippen molar-refractivity contribution in [3.8, 4) is 5.75 Å². The van der Waals surface area contributed by atoms with E-state index in [-0.39, 0.29) is 23.9 Å². The fraction of sp³-hybridized carbons (Fsp3) is 0.545. The second-order valence-electron chi connectivity index (χ2n) is 7.99. The minimum Gasteiger partial charge on any atom is -0.480 e. The minimum absolute atomic E-state index is 0.0393. The predicted molar refractivity (Wildman–Crippen MR) is 111 cm³/mol. The van der Waals surface area contributed by atoms with Crippen LogP contribution in [-0.2, 0) is 11.2 Å². The quantitative estimate of drug-likeness (QED) is 0.788. The van der Waals surface area contributed by atoms with Gasteiger partial charge in [-0.1, -0.05) is 23.4 Å². The molecule has 2 amide bonds. The maximum absolute atomic E-state index is 12.6. The standard InChI is InChI=1S/C22H29N5O3/c1-3-26(4-2)22(29)18-14-27(25-24-18)17-11-9-16(10-12-17)23-21(28)20-13-15-7-5-6-8-19(15)30-20/h5-8,14,16-17,20H,3-4,9-13H2,1-2H3,(H,23,28)/t16?,17?,20-/m1/s1. The van der Waals surface area contributed by atoms with E-state index in [1.807, 2.05) is 42.8 Å². The van der Waals surface area contributed by atoms with Gasteiger partial charge in [0.15, 0.2) is 11.8 Å². The van der Waals surface area contributed by atoms with Crippen molar-refractivity contribution in [2.24, 2.45) is 0 Å². The van der Waals surface area contributed by atoms with Crippen LogP contribution in [0.25, 0.3) is 0 Å². The van der Waals surface area contributed by atoms with Gasteiger partial charge in [-0.25, -0.2) is 4.68 Å². The van der Waals surface area contributed by atoms with Crippen LogP contribution in [0.3, 0.4) is 0 Å². The first kappa shape index (κ1) is 20.4. The van der Waals surface area contributed by atoms with Crippen molar-refractivity contribution >= 4 is 11.8 Å². The maximum atomic E-state index is 12.6. The number of nitrogens with zero attached hydrogens (tertiary/aromatic N) is 4. The first-order valence-corrected chi connectivity index (χ1v) is 10.8. The van der Waals surface area contributed by atoms with Crippen LogP contribution in [0.15, 0.2) is 30.5 Å². The zero-order valence-electron chi connectivity index (χ0n) is 17.6. The fourth-order valence-electron chi connectivity index (χ4n) is 4.33. The third kappa shape index (κ3) is 4.17. The van der Waals surface area contributed by atoms with Crippen LogP contribution in [0, 0.1) is 0 Å². The Kier molecular flexibility index (Phi) is 6.01. The van der Waals surface area contributed by atoms with Gasteiger partial charge in [0.05, 0.1) is 12.2 Å². The van der Waals surface area contributed by atoms with Gasteiger partial charge in [0.25, 0.3) is 11.8 Å². The summed E-state index contributed by atoms with van der Waals surface area (Å²) in [7, 11) is 0. The van der Waals surface area contributed by atoms with Crippen molar-refractivity contribution in [3.63, 3.8) is 0 Å². The van der Waals surface area contributed by atoms with Crippen molar-refractivity contribution in [1.82, 2.24) is 25.2 Å². The van der Waals surface area contributed by atoms with Crippen LogP contribution in [0.2, 0.25) is 0 Å². The van der Waals surface area contributed by atoms with Gasteiger partial charge in [-0.2, -0.15) is 0 Å². The summed E-state index contributed by atoms with van der Waals surface area (Å²) in [6.45, 7) is 5.22. The molecular formula is C22H29N5O3. The molecule has 1 aromatic heterocycles. The Morgan fingerprint density at radius 1 is 1.17 bits per heavy atom. The molecule has 1 N–H and O–H groups in total. The zero-order valence-corrected chi connectivity index (χ0v) is 17.6. The Balaban J connectivity index is 1.27. The van der Waals surface area contributed by atoms with Crippen LogP contribution in [0.4, 0.5) is 0 Å². The number of hydrogen-bond acceptors (Lipinski definition) is 5. The van der Waals surface area contributed by atoms with E-state index in [4.69, 9.17) is 4.74 Å². The molecule has 160 valence electrons. The molecule has 4 rings (SSSR count). The van der Waals surface area contributed by atoms with E-state index >= 15 is 0 Å². The number of aromatic nitrogens is 3. The molecule has 2 aliphatic rings. The molecule has 0 bridgehead atoms. The minimum atomic E-state index is -0.441. The van der Waals surface area contributed by atoms with Crippen LogP contribution < -0.4 is 10.1 Å². The lowest BCUT2D eigenvalue weighted by Crippen LogP contribution is -2.44. The number of para-hydroxylation sites is 1. The molecule has 1 aliphatic carbocycles. The second-order valence-corrected chi connectivity index (χ2v) is 7.99. The molecule has 0 spiro atoms. The third-order valence-corrected chi connectivity index (χ3v) is 6.14. The molecule has 0 saturated heterocycles. The highest BCUT2D eigenvalue weighted by molar-refractivity contribution is 5.91. The Labute approximate surface area is 176 Å². The number of amides is 2. The summed E-state index contributed by atoms with van der Waals surface area (Å²) in [6.07, 6.45) is 5.46. The largest absolute Gasteiger partial charge is 0.480 e. The van der Waals surface area contributed by atoms with Crippen molar-refractivity contribution in [3.05, 3.63) is 41.7 Å². The average Bonchev–Trinajstić information content (AvgIpc) is 3.42. The van der Waals surface area contributed by atoms with Crippen LogP contribution in [0.5, 0.6) is 5.75 Å². The van der Waals surface area contributed by atoms with Crippen LogP contribution in [0.1, 0.15) is 61.6 Å². The molecule has 2 aromatic rings. The normalized spacial score (nSPS) is 22.8. The van der Waals surface area contributed by atoms with E-state index in [0.717, 1.165) is 37.0 Å². The van der Waals surface area contributed by atoms with E-state index in [9.17, 15) is 9.59 Å². The summed E-state index contributed by atoms with van der Waals surface area (Å²) in [5.74, 6) is 0.690. The van der Waals surface area contributed by atoms with E-state index in [0.29, 0.717) is 25.2 Å². The topological polar surface area (TPSA) is 89.4 Å². The molecule has 30 heavy (non-hydrogen) atoms. The average molecular weight is 412 g/mol. The summed E-state index contributed by atoms with van der Waals surface area (Å²) in [5.41, 5.74) is 1.48. The highest BCUT2D eigenvalue weighted by Crippen LogP contribution is 2.30. The Bertz CT molecular complexity index is 875. The molecule has 1 aromatic carbocycles. The van der Waals surface area contributed by atoms with E-state index in [2.05, 4.69) is 15.6 Å². The van der Waals surface area contributed by atoms with Crippen LogP contribution in [-0.4, -0.2) is 56.9 Å². The molecule has 1 aliphatic heterocycles. The number of carbonyl (C=O) groups is 2. The number of hydrogen-bond donors (Lipinski definition) is 1. The van der Waals surface area contributed by atoms with E-state index in [1.54, 1.807) is 11.1 Å².